The van der Waals surface area contributed by atoms with Crippen LogP contribution in [0.1, 0.15) is 24.2 Å². The third kappa shape index (κ3) is 2.59. The number of hydrogen-bond donors (Lipinski definition) is 0. The summed E-state index contributed by atoms with van der Waals surface area (Å²) in [5, 5.41) is 0. The van der Waals surface area contributed by atoms with E-state index in [1.807, 2.05) is 6.92 Å². The molecule has 0 spiro atoms. The molecule has 0 aromatic carbocycles. The van der Waals surface area contributed by atoms with Crippen molar-refractivity contribution in [2.24, 2.45) is 0 Å². The van der Waals surface area contributed by atoms with Crippen LogP contribution in [0.3, 0.4) is 0 Å². The van der Waals surface area contributed by atoms with Gasteiger partial charge in [0.15, 0.2) is 6.29 Å². The van der Waals surface area contributed by atoms with Crippen LogP contribution in [0, 0.1) is 0 Å². The number of ether oxygens (including phenoxy) is 3. The largest absolute Gasteiger partial charge is 0.480 e. The highest BCUT2D eigenvalue weighted by Gasteiger charge is 2.16. The summed E-state index contributed by atoms with van der Waals surface area (Å²) in [6, 6.07) is 0.133. The first-order valence-electron chi connectivity index (χ1n) is 4.93. The first-order chi connectivity index (χ1) is 7.76. The van der Waals surface area contributed by atoms with Crippen molar-refractivity contribution in [1.29, 1.82) is 0 Å². The smallest absolute Gasteiger partial charge is 0.323 e. The number of hydrogen-bond acceptors (Lipinski definition) is 6. The zero-order valence-corrected chi connectivity index (χ0v) is 9.52. The molecule has 1 aromatic heterocycles. The van der Waals surface area contributed by atoms with Crippen molar-refractivity contribution < 1.29 is 19.0 Å². The van der Waals surface area contributed by atoms with Gasteiger partial charge in [-0.25, -0.2) is 0 Å². The Morgan fingerprint density at radius 2 is 1.75 bits per heavy atom. The number of methoxy groups -OCH3 is 1. The van der Waals surface area contributed by atoms with Crippen LogP contribution in [-0.2, 0) is 0 Å². The van der Waals surface area contributed by atoms with E-state index in [1.54, 1.807) is 6.92 Å². The average Bonchev–Trinajstić information content (AvgIpc) is 2.29. The topological polar surface area (TPSA) is 70.5 Å². The highest BCUT2D eigenvalue weighted by molar-refractivity contribution is 5.81. The molecule has 0 aliphatic carbocycles. The van der Waals surface area contributed by atoms with Gasteiger partial charge in [0.2, 0.25) is 11.8 Å². The fourth-order valence-corrected chi connectivity index (χ4v) is 1.11. The Hall–Kier alpha value is -1.85. The van der Waals surface area contributed by atoms with Gasteiger partial charge in [0.05, 0.1) is 20.3 Å². The van der Waals surface area contributed by atoms with Crippen LogP contribution in [0.25, 0.3) is 0 Å². The molecular weight excluding hydrogens is 212 g/mol. The molecule has 0 saturated heterocycles. The molecule has 16 heavy (non-hydrogen) atoms. The molecule has 1 aromatic rings. The summed E-state index contributed by atoms with van der Waals surface area (Å²) in [4.78, 5) is 18.8. The Morgan fingerprint density at radius 1 is 1.12 bits per heavy atom. The first kappa shape index (κ1) is 12.2. The predicted octanol–water partition coefficient (Wildman–Crippen LogP) is 1.10. The fourth-order valence-electron chi connectivity index (χ4n) is 1.11. The van der Waals surface area contributed by atoms with Gasteiger partial charge in [-0.05, 0) is 13.8 Å². The Morgan fingerprint density at radius 3 is 2.25 bits per heavy atom. The molecule has 0 saturated carbocycles. The number of aldehydes is 1. The molecule has 0 aliphatic rings. The zero-order chi connectivity index (χ0) is 12.0. The van der Waals surface area contributed by atoms with E-state index in [0.29, 0.717) is 19.5 Å². The summed E-state index contributed by atoms with van der Waals surface area (Å²) in [6.07, 6.45) is 0.597. The van der Waals surface area contributed by atoms with E-state index in [1.165, 1.54) is 7.11 Å². The van der Waals surface area contributed by atoms with E-state index in [0.717, 1.165) is 0 Å². The van der Waals surface area contributed by atoms with Crippen LogP contribution < -0.4 is 14.2 Å². The quantitative estimate of drug-likeness (QED) is 0.676. The van der Waals surface area contributed by atoms with Gasteiger partial charge < -0.3 is 14.2 Å². The van der Waals surface area contributed by atoms with Crippen molar-refractivity contribution in [3.05, 3.63) is 5.56 Å². The number of carbonyl (C=O) groups is 1. The maximum Gasteiger partial charge on any atom is 0.323 e. The Balaban J connectivity index is 3.19. The second kappa shape index (κ2) is 5.89. The van der Waals surface area contributed by atoms with Crippen LogP contribution in [0.15, 0.2) is 0 Å². The maximum atomic E-state index is 10.9. The highest BCUT2D eigenvalue weighted by Crippen LogP contribution is 2.25. The van der Waals surface area contributed by atoms with Crippen molar-refractivity contribution in [1.82, 2.24) is 9.97 Å². The standard InChI is InChI=1S/C10H14N2O4/c1-4-15-9-7(6-13)8(14-3)11-10(12-9)16-5-2/h6H,4-5H2,1-3H3. The van der Waals surface area contributed by atoms with Gasteiger partial charge in [0.1, 0.15) is 5.56 Å². The van der Waals surface area contributed by atoms with E-state index in [-0.39, 0.29) is 23.3 Å². The monoisotopic (exact) mass is 226 g/mol. The summed E-state index contributed by atoms with van der Waals surface area (Å²) in [6.45, 7) is 4.43. The molecule has 0 aliphatic heterocycles. The average molecular weight is 226 g/mol. The molecule has 0 bridgehead atoms. The summed E-state index contributed by atoms with van der Waals surface area (Å²) < 4.78 is 15.3. The van der Waals surface area contributed by atoms with E-state index in [2.05, 4.69) is 9.97 Å². The molecule has 6 heteroatoms. The molecule has 1 heterocycles. The second-order valence-electron chi connectivity index (χ2n) is 2.72. The minimum Gasteiger partial charge on any atom is -0.480 e. The van der Waals surface area contributed by atoms with E-state index < -0.39 is 0 Å². The van der Waals surface area contributed by atoms with Crippen molar-refractivity contribution in [2.75, 3.05) is 20.3 Å². The molecule has 0 atom stereocenters. The predicted molar refractivity (Wildman–Crippen MR) is 56.3 cm³/mol. The molecule has 0 unspecified atom stereocenters. The van der Waals surface area contributed by atoms with Crippen LogP contribution >= 0.6 is 0 Å². The van der Waals surface area contributed by atoms with Gasteiger partial charge in [-0.2, -0.15) is 9.97 Å². The summed E-state index contributed by atoms with van der Waals surface area (Å²) in [5.74, 6) is 0.324. The third-order valence-corrected chi connectivity index (χ3v) is 1.72. The molecule has 88 valence electrons. The minimum atomic E-state index is 0.133. The zero-order valence-electron chi connectivity index (χ0n) is 9.52. The van der Waals surface area contributed by atoms with E-state index in [9.17, 15) is 4.79 Å². The van der Waals surface area contributed by atoms with Crippen LogP contribution in [-0.4, -0.2) is 36.6 Å². The summed E-state index contributed by atoms with van der Waals surface area (Å²) in [7, 11) is 1.42. The Labute approximate surface area is 93.6 Å². The normalized spacial score (nSPS) is 9.69. The molecule has 1 rings (SSSR count). The van der Waals surface area contributed by atoms with Gasteiger partial charge in [0, 0.05) is 0 Å². The number of carbonyl (C=O) groups excluding carboxylic acids is 1. The molecule has 0 fully saturated rings. The first-order valence-corrected chi connectivity index (χ1v) is 4.93. The van der Waals surface area contributed by atoms with Gasteiger partial charge in [-0.15, -0.1) is 0 Å². The molecule has 6 nitrogen and oxygen atoms in total. The van der Waals surface area contributed by atoms with Crippen molar-refractivity contribution in [3.8, 4) is 17.8 Å². The summed E-state index contributed by atoms with van der Waals surface area (Å²) >= 11 is 0. The lowest BCUT2D eigenvalue weighted by Gasteiger charge is -2.10. The molecule has 0 amide bonds. The Bertz CT molecular complexity index is 368. The minimum absolute atomic E-state index is 0.133. The van der Waals surface area contributed by atoms with Crippen molar-refractivity contribution >= 4 is 6.29 Å². The molecular formula is C10H14N2O4. The van der Waals surface area contributed by atoms with E-state index >= 15 is 0 Å². The molecule has 0 N–H and O–H groups in total. The SMILES string of the molecule is CCOc1nc(OC)c(C=O)c(OCC)n1. The lowest BCUT2D eigenvalue weighted by Crippen LogP contribution is -2.06. The third-order valence-electron chi connectivity index (χ3n) is 1.72. The van der Waals surface area contributed by atoms with Crippen LogP contribution in [0.2, 0.25) is 0 Å². The fraction of sp³-hybridized carbons (Fsp3) is 0.500. The van der Waals surface area contributed by atoms with Crippen molar-refractivity contribution in [3.63, 3.8) is 0 Å². The highest BCUT2D eigenvalue weighted by atomic mass is 16.5. The maximum absolute atomic E-state index is 10.9. The van der Waals surface area contributed by atoms with Gasteiger partial charge in [-0.1, -0.05) is 0 Å². The van der Waals surface area contributed by atoms with Crippen LogP contribution in [0.5, 0.6) is 17.8 Å². The summed E-state index contributed by atoms with van der Waals surface area (Å²) in [5.41, 5.74) is 0.188. The number of aromatic nitrogens is 2. The molecule has 0 radical (unpaired) electrons. The second-order valence-corrected chi connectivity index (χ2v) is 2.72. The number of nitrogens with zero attached hydrogens (tertiary/aromatic N) is 2. The van der Waals surface area contributed by atoms with Gasteiger partial charge >= 0.3 is 6.01 Å². The van der Waals surface area contributed by atoms with Crippen molar-refractivity contribution in [2.45, 2.75) is 13.8 Å². The Kier molecular flexibility index (Phi) is 4.50. The lowest BCUT2D eigenvalue weighted by molar-refractivity contribution is 0.111. The number of rotatable bonds is 6. The lowest BCUT2D eigenvalue weighted by atomic mass is 10.3. The van der Waals surface area contributed by atoms with Gasteiger partial charge in [0.25, 0.3) is 0 Å². The van der Waals surface area contributed by atoms with Crippen LogP contribution in [0.4, 0.5) is 0 Å². The van der Waals surface area contributed by atoms with Gasteiger partial charge in [-0.3, -0.25) is 4.79 Å². The van der Waals surface area contributed by atoms with E-state index in [4.69, 9.17) is 14.2 Å².